The highest BCUT2D eigenvalue weighted by Gasteiger charge is 2.22. The summed E-state index contributed by atoms with van der Waals surface area (Å²) in [6.07, 6.45) is -0.443. The number of carbonyl (C=O) groups is 6. The van der Waals surface area contributed by atoms with Gasteiger partial charge in [-0.25, -0.2) is 4.79 Å². The summed E-state index contributed by atoms with van der Waals surface area (Å²) in [5.41, 5.74) is 0.144. The molecular weight excluding hydrogens is 542 g/mol. The number of carboxylic acids is 1. The van der Waals surface area contributed by atoms with Crippen molar-refractivity contribution in [3.8, 4) is 0 Å². The van der Waals surface area contributed by atoms with Gasteiger partial charge in [-0.1, -0.05) is 30.3 Å². The first-order chi connectivity index (χ1) is 19.4. The lowest BCUT2D eigenvalue weighted by molar-refractivity contribution is -0.138. The van der Waals surface area contributed by atoms with Crippen LogP contribution in [0, 0.1) is 0 Å². The van der Waals surface area contributed by atoms with E-state index in [-0.39, 0.29) is 39.4 Å². The van der Waals surface area contributed by atoms with Crippen molar-refractivity contribution in [3.63, 3.8) is 0 Å². The highest BCUT2D eigenvalue weighted by Crippen LogP contribution is 2.06. The summed E-state index contributed by atoms with van der Waals surface area (Å²) < 4.78 is 15.5. The van der Waals surface area contributed by atoms with Gasteiger partial charge in [-0.05, 0) is 26.3 Å². The SMILES string of the molecule is CC(C)(C)OC(=O)NCCOCCOCC(=O)NCC(=O)NCC(=O)N[C@@H](Cc1ccccc1)C(=O)NCC(=O)O. The van der Waals surface area contributed by atoms with Gasteiger partial charge in [-0.3, -0.25) is 24.0 Å². The van der Waals surface area contributed by atoms with Gasteiger partial charge in [-0.2, -0.15) is 0 Å². The first-order valence-corrected chi connectivity index (χ1v) is 12.8. The lowest BCUT2D eigenvalue weighted by atomic mass is 10.1. The number of carbonyl (C=O) groups excluding carboxylic acids is 5. The summed E-state index contributed by atoms with van der Waals surface area (Å²) in [5, 5.41) is 20.7. The first-order valence-electron chi connectivity index (χ1n) is 12.8. The van der Waals surface area contributed by atoms with E-state index in [0.717, 1.165) is 5.56 Å². The van der Waals surface area contributed by atoms with Crippen LogP contribution in [0.15, 0.2) is 30.3 Å². The molecule has 15 nitrogen and oxygen atoms in total. The zero-order chi connectivity index (χ0) is 30.7. The number of carboxylic acid groups (broad SMARTS) is 1. The number of hydrogen-bond acceptors (Lipinski definition) is 9. The Balaban J connectivity index is 2.23. The lowest BCUT2D eigenvalue weighted by Crippen LogP contribution is -2.51. The molecule has 15 heteroatoms. The van der Waals surface area contributed by atoms with E-state index in [1.165, 1.54) is 0 Å². The summed E-state index contributed by atoms with van der Waals surface area (Å²) in [7, 11) is 0. The second kappa shape index (κ2) is 18.9. The molecule has 0 spiro atoms. The Morgan fingerprint density at radius 1 is 0.780 bits per heavy atom. The van der Waals surface area contributed by atoms with Gasteiger partial charge < -0.3 is 45.9 Å². The molecule has 0 aliphatic heterocycles. The Morgan fingerprint density at radius 3 is 2.07 bits per heavy atom. The van der Waals surface area contributed by atoms with Gasteiger partial charge in [-0.15, -0.1) is 0 Å². The third-order valence-electron chi connectivity index (χ3n) is 4.76. The smallest absolute Gasteiger partial charge is 0.407 e. The summed E-state index contributed by atoms with van der Waals surface area (Å²) in [6.45, 7) is 4.21. The minimum atomic E-state index is -1.24. The molecule has 6 N–H and O–H groups in total. The molecule has 0 saturated heterocycles. The number of amides is 5. The molecule has 0 heterocycles. The highest BCUT2D eigenvalue weighted by atomic mass is 16.6. The Hall–Kier alpha value is -4.24. The van der Waals surface area contributed by atoms with E-state index in [1.807, 2.05) is 0 Å². The third-order valence-corrected chi connectivity index (χ3v) is 4.76. The van der Waals surface area contributed by atoms with Crippen molar-refractivity contribution in [3.05, 3.63) is 35.9 Å². The van der Waals surface area contributed by atoms with Crippen molar-refractivity contribution in [2.45, 2.75) is 38.8 Å². The van der Waals surface area contributed by atoms with Gasteiger partial charge in [0.05, 0.1) is 32.9 Å². The van der Waals surface area contributed by atoms with Crippen LogP contribution in [0.25, 0.3) is 0 Å². The number of benzene rings is 1. The maximum absolute atomic E-state index is 12.4. The fraction of sp³-hybridized carbons (Fsp3) is 0.538. The van der Waals surface area contributed by atoms with Gasteiger partial charge in [0.2, 0.25) is 23.6 Å². The molecule has 0 aliphatic rings. The molecule has 5 amide bonds. The zero-order valence-corrected chi connectivity index (χ0v) is 23.4. The number of alkyl carbamates (subject to hydrolysis) is 1. The predicted octanol–water partition coefficient (Wildman–Crippen LogP) is -1.29. The van der Waals surface area contributed by atoms with Crippen molar-refractivity contribution in [1.29, 1.82) is 0 Å². The van der Waals surface area contributed by atoms with E-state index in [0.29, 0.717) is 0 Å². The maximum atomic E-state index is 12.4. The Bertz CT molecular complexity index is 1010. The topological polar surface area (TPSA) is 210 Å². The molecular formula is C26H39N5O10. The number of hydrogen-bond donors (Lipinski definition) is 6. The fourth-order valence-electron chi connectivity index (χ4n) is 2.99. The van der Waals surface area contributed by atoms with Crippen LogP contribution in [0.1, 0.15) is 26.3 Å². The zero-order valence-electron chi connectivity index (χ0n) is 23.4. The standard InChI is InChI=1S/C26H39N5O10/c1-26(2,3)41-25(38)27-9-10-39-11-12-40-17-22(34)29-14-20(32)28-15-21(33)31-19(24(37)30-16-23(35)36)13-18-7-5-4-6-8-18/h4-8,19H,9-17H2,1-3H3,(H,27,38)(H,28,32)(H,29,34)(H,30,37)(H,31,33)(H,35,36)/t19-/m0/s1. The Labute approximate surface area is 238 Å². The Morgan fingerprint density at radius 2 is 1.41 bits per heavy atom. The molecule has 0 aliphatic carbocycles. The van der Waals surface area contributed by atoms with Crippen molar-refractivity contribution in [2.24, 2.45) is 0 Å². The molecule has 41 heavy (non-hydrogen) atoms. The van der Waals surface area contributed by atoms with Gasteiger partial charge in [0.1, 0.15) is 24.8 Å². The van der Waals surface area contributed by atoms with Crippen molar-refractivity contribution in [2.75, 3.05) is 52.6 Å². The average Bonchev–Trinajstić information content (AvgIpc) is 2.90. The van der Waals surface area contributed by atoms with Gasteiger partial charge in [0, 0.05) is 13.0 Å². The summed E-state index contributed by atoms with van der Waals surface area (Å²) in [5.74, 6) is -3.81. The van der Waals surface area contributed by atoms with E-state index in [9.17, 15) is 28.8 Å². The van der Waals surface area contributed by atoms with Gasteiger partial charge in [0.15, 0.2) is 0 Å². The molecule has 1 rings (SSSR count). The van der Waals surface area contributed by atoms with Crippen LogP contribution < -0.4 is 26.6 Å². The first kappa shape index (κ1) is 34.8. The van der Waals surface area contributed by atoms with E-state index < -0.39 is 67.0 Å². The van der Waals surface area contributed by atoms with Gasteiger partial charge >= 0.3 is 12.1 Å². The number of nitrogens with one attached hydrogen (secondary N) is 5. The maximum Gasteiger partial charge on any atom is 0.407 e. The largest absolute Gasteiger partial charge is 0.480 e. The molecule has 0 aromatic heterocycles. The fourth-order valence-corrected chi connectivity index (χ4v) is 2.99. The number of ether oxygens (including phenoxy) is 3. The van der Waals surface area contributed by atoms with Crippen molar-refractivity contribution < 1.29 is 48.1 Å². The lowest BCUT2D eigenvalue weighted by Gasteiger charge is -2.19. The van der Waals surface area contributed by atoms with E-state index in [2.05, 4.69) is 26.6 Å². The second-order valence-electron chi connectivity index (χ2n) is 9.57. The summed E-state index contributed by atoms with van der Waals surface area (Å²) >= 11 is 0. The molecule has 1 aromatic carbocycles. The minimum absolute atomic E-state index is 0.107. The minimum Gasteiger partial charge on any atom is -0.480 e. The van der Waals surface area contributed by atoms with Crippen LogP contribution >= 0.6 is 0 Å². The van der Waals surface area contributed by atoms with Crippen LogP contribution in [0.4, 0.5) is 4.79 Å². The van der Waals surface area contributed by atoms with Crippen LogP contribution in [-0.4, -0.2) is 105 Å². The molecule has 0 saturated carbocycles. The summed E-state index contributed by atoms with van der Waals surface area (Å²) in [4.78, 5) is 70.8. The van der Waals surface area contributed by atoms with Crippen LogP contribution in [0.5, 0.6) is 0 Å². The average molecular weight is 582 g/mol. The summed E-state index contributed by atoms with van der Waals surface area (Å²) in [6, 6.07) is 7.72. The quantitative estimate of drug-likeness (QED) is 0.113. The van der Waals surface area contributed by atoms with Gasteiger partial charge in [0.25, 0.3) is 0 Å². The molecule has 0 unspecified atom stereocenters. The van der Waals surface area contributed by atoms with Crippen molar-refractivity contribution >= 4 is 35.7 Å². The molecule has 1 aromatic rings. The highest BCUT2D eigenvalue weighted by molar-refractivity contribution is 5.92. The number of aliphatic carboxylic acids is 1. The molecule has 1 atom stereocenters. The third kappa shape index (κ3) is 18.6. The molecule has 0 bridgehead atoms. The molecule has 0 radical (unpaired) electrons. The van der Waals surface area contributed by atoms with Crippen LogP contribution in [-0.2, 0) is 44.6 Å². The normalized spacial score (nSPS) is 11.5. The number of rotatable bonds is 18. The predicted molar refractivity (Wildman–Crippen MR) is 145 cm³/mol. The molecule has 0 fully saturated rings. The van der Waals surface area contributed by atoms with E-state index in [1.54, 1.807) is 51.1 Å². The monoisotopic (exact) mass is 581 g/mol. The second-order valence-corrected chi connectivity index (χ2v) is 9.57. The van der Waals surface area contributed by atoms with Crippen LogP contribution in [0.2, 0.25) is 0 Å². The molecule has 228 valence electrons. The van der Waals surface area contributed by atoms with E-state index in [4.69, 9.17) is 19.3 Å². The van der Waals surface area contributed by atoms with Crippen LogP contribution in [0.3, 0.4) is 0 Å². The van der Waals surface area contributed by atoms with Crippen molar-refractivity contribution in [1.82, 2.24) is 26.6 Å². The van der Waals surface area contributed by atoms with E-state index >= 15 is 0 Å². The Kier molecular flexibility index (Phi) is 16.1.